The lowest BCUT2D eigenvalue weighted by molar-refractivity contribution is -0.140. The molecule has 9 heteroatoms. The van der Waals surface area contributed by atoms with Crippen LogP contribution in [0.4, 0.5) is 5.69 Å². The molecule has 1 atom stereocenters. The Morgan fingerprint density at radius 2 is 1.60 bits per heavy atom. The van der Waals surface area contributed by atoms with Gasteiger partial charge in [-0.25, -0.2) is 8.42 Å². The number of aryl methyl sites for hydroxylation is 2. The van der Waals surface area contributed by atoms with Crippen LogP contribution in [0.2, 0.25) is 0 Å². The van der Waals surface area contributed by atoms with E-state index in [4.69, 9.17) is 4.74 Å². The maximum Gasteiger partial charge on any atom is 0.244 e. The van der Waals surface area contributed by atoms with Crippen molar-refractivity contribution < 1.29 is 22.7 Å². The Balaban J connectivity index is 2.09. The summed E-state index contributed by atoms with van der Waals surface area (Å²) in [5, 5.41) is 2.95. The lowest BCUT2D eigenvalue weighted by atomic mass is 10.0. The van der Waals surface area contributed by atoms with E-state index >= 15 is 0 Å². The number of methoxy groups -OCH3 is 1. The summed E-state index contributed by atoms with van der Waals surface area (Å²) in [7, 11) is -2.26. The highest BCUT2D eigenvalue weighted by Gasteiger charge is 2.33. The van der Waals surface area contributed by atoms with Gasteiger partial charge in [0.05, 0.1) is 19.1 Å². The van der Waals surface area contributed by atoms with Crippen molar-refractivity contribution in [3.63, 3.8) is 0 Å². The maximum absolute atomic E-state index is 14.1. The number of nitrogens with zero attached hydrogens (tertiary/aromatic N) is 2. The van der Waals surface area contributed by atoms with Gasteiger partial charge in [0, 0.05) is 19.0 Å². The summed E-state index contributed by atoms with van der Waals surface area (Å²) in [6.07, 6.45) is 1.34. The molecular formula is C31H39N3O5S. The van der Waals surface area contributed by atoms with Crippen LogP contribution in [0.5, 0.6) is 5.75 Å². The van der Waals surface area contributed by atoms with Gasteiger partial charge in [-0.05, 0) is 62.6 Å². The number of ether oxygens (including phenoxy) is 1. The summed E-state index contributed by atoms with van der Waals surface area (Å²) in [4.78, 5) is 29.2. The van der Waals surface area contributed by atoms with E-state index in [9.17, 15) is 18.0 Å². The normalized spacial score (nSPS) is 12.1. The van der Waals surface area contributed by atoms with Crippen molar-refractivity contribution in [1.82, 2.24) is 10.2 Å². The van der Waals surface area contributed by atoms with Gasteiger partial charge >= 0.3 is 0 Å². The Morgan fingerprint density at radius 3 is 2.20 bits per heavy atom. The molecule has 0 bridgehead atoms. The third-order valence-corrected chi connectivity index (χ3v) is 7.62. The largest absolute Gasteiger partial charge is 0.497 e. The molecule has 0 heterocycles. The number of hydrogen-bond acceptors (Lipinski definition) is 5. The van der Waals surface area contributed by atoms with Gasteiger partial charge in [-0.15, -0.1) is 0 Å². The van der Waals surface area contributed by atoms with Crippen molar-refractivity contribution in [2.24, 2.45) is 0 Å². The average Bonchev–Trinajstić information content (AvgIpc) is 2.89. The van der Waals surface area contributed by atoms with Crippen molar-refractivity contribution in [3.05, 3.63) is 95.1 Å². The van der Waals surface area contributed by atoms with Crippen molar-refractivity contribution >= 4 is 27.5 Å². The fourth-order valence-electron chi connectivity index (χ4n) is 4.58. The Morgan fingerprint density at radius 1 is 0.925 bits per heavy atom. The van der Waals surface area contributed by atoms with E-state index in [1.807, 2.05) is 82.3 Å². The SMILES string of the molecule is COc1cccc(CN(C(=O)CN(c2ccc(C)cc2C)S(C)(=O)=O)C(Cc2ccccc2)C(=O)NC(C)C)c1. The van der Waals surface area contributed by atoms with Crippen molar-refractivity contribution in [2.45, 2.75) is 52.7 Å². The fraction of sp³-hybridized carbons (Fsp3) is 0.355. The number of carbonyl (C=O) groups excluding carboxylic acids is 2. The predicted octanol–water partition coefficient (Wildman–Crippen LogP) is 4.24. The van der Waals surface area contributed by atoms with Gasteiger partial charge in [0.25, 0.3) is 0 Å². The number of hydrogen-bond donors (Lipinski definition) is 1. The summed E-state index contributed by atoms with van der Waals surface area (Å²) >= 11 is 0. The maximum atomic E-state index is 14.1. The molecule has 0 aliphatic carbocycles. The lowest BCUT2D eigenvalue weighted by Crippen LogP contribution is -2.54. The first-order chi connectivity index (χ1) is 18.9. The smallest absolute Gasteiger partial charge is 0.244 e. The van der Waals surface area contributed by atoms with E-state index in [1.165, 1.54) is 4.90 Å². The van der Waals surface area contributed by atoms with Crippen LogP contribution >= 0.6 is 0 Å². The second-order valence-corrected chi connectivity index (χ2v) is 12.2. The van der Waals surface area contributed by atoms with E-state index in [2.05, 4.69) is 5.32 Å². The van der Waals surface area contributed by atoms with Crippen molar-refractivity contribution in [2.75, 3.05) is 24.2 Å². The minimum atomic E-state index is -3.82. The van der Waals surface area contributed by atoms with E-state index < -0.39 is 28.5 Å². The highest BCUT2D eigenvalue weighted by molar-refractivity contribution is 7.92. The van der Waals surface area contributed by atoms with Gasteiger partial charge in [0.1, 0.15) is 18.3 Å². The van der Waals surface area contributed by atoms with Crippen LogP contribution in [-0.4, -0.2) is 57.1 Å². The number of anilines is 1. The molecule has 40 heavy (non-hydrogen) atoms. The lowest BCUT2D eigenvalue weighted by Gasteiger charge is -2.34. The van der Waals surface area contributed by atoms with Crippen LogP contribution in [0.15, 0.2) is 72.8 Å². The summed E-state index contributed by atoms with van der Waals surface area (Å²) in [5.74, 6) is -0.190. The second kappa shape index (κ2) is 13.5. The van der Waals surface area contributed by atoms with Gasteiger partial charge in [0.2, 0.25) is 21.8 Å². The molecule has 8 nitrogen and oxygen atoms in total. The van der Waals surface area contributed by atoms with Crippen LogP contribution in [0, 0.1) is 13.8 Å². The zero-order chi connectivity index (χ0) is 29.4. The summed E-state index contributed by atoms with van der Waals surface area (Å²) < 4.78 is 32.4. The molecular weight excluding hydrogens is 526 g/mol. The number of nitrogens with one attached hydrogen (secondary N) is 1. The first-order valence-electron chi connectivity index (χ1n) is 13.2. The van der Waals surface area contributed by atoms with Gasteiger partial charge in [0.15, 0.2) is 0 Å². The molecule has 0 saturated heterocycles. The zero-order valence-corrected chi connectivity index (χ0v) is 24.9. The van der Waals surface area contributed by atoms with E-state index in [0.717, 1.165) is 32.8 Å². The number of carbonyl (C=O) groups is 2. The zero-order valence-electron chi connectivity index (χ0n) is 24.0. The number of benzene rings is 3. The molecule has 0 spiro atoms. The molecule has 0 fully saturated rings. The third-order valence-electron chi connectivity index (χ3n) is 6.49. The Bertz CT molecular complexity index is 1420. The van der Waals surface area contributed by atoms with Crippen LogP contribution < -0.4 is 14.4 Å². The molecule has 0 aromatic heterocycles. The second-order valence-electron chi connectivity index (χ2n) is 10.3. The van der Waals surface area contributed by atoms with Crippen molar-refractivity contribution in [3.8, 4) is 5.75 Å². The monoisotopic (exact) mass is 565 g/mol. The molecule has 1 unspecified atom stereocenters. The first kappa shape index (κ1) is 30.7. The highest BCUT2D eigenvalue weighted by Crippen LogP contribution is 2.25. The predicted molar refractivity (Wildman–Crippen MR) is 159 cm³/mol. The summed E-state index contributed by atoms with van der Waals surface area (Å²) in [5.41, 5.74) is 3.77. The van der Waals surface area contributed by atoms with Gasteiger partial charge in [-0.1, -0.05) is 60.2 Å². The molecule has 0 aliphatic heterocycles. The minimum absolute atomic E-state index is 0.0868. The molecule has 3 aromatic rings. The van der Waals surface area contributed by atoms with E-state index in [-0.39, 0.29) is 24.9 Å². The van der Waals surface area contributed by atoms with Crippen molar-refractivity contribution in [1.29, 1.82) is 0 Å². The van der Waals surface area contributed by atoms with Crippen LogP contribution in [0.1, 0.15) is 36.1 Å². The summed E-state index contributed by atoms with van der Waals surface area (Å²) in [6, 6.07) is 21.1. The molecule has 214 valence electrons. The molecule has 0 radical (unpaired) electrons. The topological polar surface area (TPSA) is 96.0 Å². The molecule has 2 amide bonds. The average molecular weight is 566 g/mol. The van der Waals surface area contributed by atoms with Gasteiger partial charge in [-0.2, -0.15) is 0 Å². The summed E-state index contributed by atoms with van der Waals surface area (Å²) in [6.45, 7) is 7.09. The number of sulfonamides is 1. The molecule has 3 aromatic carbocycles. The standard InChI is InChI=1S/C31H39N3O5S/c1-22(2)32-31(36)29(19-25-11-8-7-9-12-25)33(20-26-13-10-14-27(18-26)39-5)30(35)21-34(40(6,37)38)28-16-15-23(3)17-24(28)4/h7-18,22,29H,19-21H2,1-6H3,(H,32,36). The van der Waals surface area contributed by atoms with E-state index in [1.54, 1.807) is 25.3 Å². The van der Waals surface area contributed by atoms with Gasteiger partial charge in [-0.3, -0.25) is 13.9 Å². The Kier molecular flexibility index (Phi) is 10.3. The molecule has 1 N–H and O–H groups in total. The van der Waals surface area contributed by atoms with Gasteiger partial charge < -0.3 is 15.0 Å². The highest BCUT2D eigenvalue weighted by atomic mass is 32.2. The first-order valence-corrected chi connectivity index (χ1v) is 15.1. The van der Waals surface area contributed by atoms with Crippen LogP contribution in [-0.2, 0) is 32.6 Å². The molecule has 3 rings (SSSR count). The van der Waals surface area contributed by atoms with Crippen LogP contribution in [0.25, 0.3) is 0 Å². The van der Waals surface area contributed by atoms with E-state index in [0.29, 0.717) is 11.4 Å². The van der Waals surface area contributed by atoms with Crippen LogP contribution in [0.3, 0.4) is 0 Å². The minimum Gasteiger partial charge on any atom is -0.497 e. The third kappa shape index (κ3) is 8.32. The number of amides is 2. The molecule has 0 saturated carbocycles. The number of rotatable bonds is 12. The fourth-order valence-corrected chi connectivity index (χ4v) is 5.49. The quantitative estimate of drug-likeness (QED) is 0.354. The Hall–Kier alpha value is -3.85. The Labute approximate surface area is 238 Å². The molecule has 0 aliphatic rings.